The molecule has 1 aliphatic carbocycles. The van der Waals surface area contributed by atoms with Crippen LogP contribution in [0.15, 0.2) is 0 Å². The lowest BCUT2D eigenvalue weighted by Crippen LogP contribution is -2.31. The zero-order chi connectivity index (χ0) is 11.8. The van der Waals surface area contributed by atoms with Crippen LogP contribution in [0.25, 0.3) is 0 Å². The predicted molar refractivity (Wildman–Crippen MR) is 69.8 cm³/mol. The van der Waals surface area contributed by atoms with Crippen LogP contribution < -0.4 is 5.73 Å². The molecule has 0 aromatic heterocycles. The highest BCUT2D eigenvalue weighted by Gasteiger charge is 2.18. The fourth-order valence-corrected chi connectivity index (χ4v) is 3.89. The van der Waals surface area contributed by atoms with Gasteiger partial charge in [-0.2, -0.15) is 0 Å². The molecule has 96 valence electrons. The summed E-state index contributed by atoms with van der Waals surface area (Å²) in [6, 6.07) is 1.22. The monoisotopic (exact) mass is 245 g/mol. The van der Waals surface area contributed by atoms with Crippen LogP contribution in [0.1, 0.15) is 44.9 Å². The van der Waals surface area contributed by atoms with Crippen molar-refractivity contribution in [3.8, 4) is 0 Å². The van der Waals surface area contributed by atoms with Crippen LogP contribution >= 0.6 is 0 Å². The van der Waals surface area contributed by atoms with E-state index in [0.717, 1.165) is 18.4 Å². The van der Waals surface area contributed by atoms with E-state index in [-0.39, 0.29) is 6.04 Å². The van der Waals surface area contributed by atoms with Crippen molar-refractivity contribution in [2.24, 2.45) is 11.7 Å². The average Bonchev–Trinajstić information content (AvgIpc) is 2.34. The largest absolute Gasteiger partial charge is 0.400 e. The van der Waals surface area contributed by atoms with Gasteiger partial charge in [-0.25, -0.2) is 0 Å². The molecule has 1 fully saturated rings. The van der Waals surface area contributed by atoms with Crippen molar-refractivity contribution in [1.82, 2.24) is 0 Å². The van der Waals surface area contributed by atoms with Crippen molar-refractivity contribution in [3.63, 3.8) is 0 Å². The first-order valence-corrected chi connectivity index (χ1v) is 8.33. The van der Waals surface area contributed by atoms with E-state index in [1.54, 1.807) is 14.2 Å². The molecule has 2 N–H and O–H groups in total. The first-order valence-electron chi connectivity index (χ1n) is 6.57. The van der Waals surface area contributed by atoms with E-state index in [1.165, 1.54) is 38.5 Å². The van der Waals surface area contributed by atoms with Crippen molar-refractivity contribution < 1.29 is 8.85 Å². The molecule has 0 amide bonds. The maximum atomic E-state index is 6.12. The highest BCUT2D eigenvalue weighted by Crippen LogP contribution is 2.27. The van der Waals surface area contributed by atoms with Crippen molar-refractivity contribution in [1.29, 1.82) is 0 Å². The van der Waals surface area contributed by atoms with Gasteiger partial charge in [0.2, 0.25) is 0 Å². The number of nitrogens with two attached hydrogens (primary N) is 1. The van der Waals surface area contributed by atoms with Gasteiger partial charge in [-0.1, -0.05) is 32.1 Å². The van der Waals surface area contributed by atoms with Gasteiger partial charge in [-0.3, -0.25) is 0 Å². The molecule has 1 unspecified atom stereocenters. The molecule has 0 aliphatic heterocycles. The molecular weight excluding hydrogens is 218 g/mol. The number of hydrogen-bond donors (Lipinski definition) is 1. The minimum atomic E-state index is -1.45. The van der Waals surface area contributed by atoms with Gasteiger partial charge in [0.25, 0.3) is 0 Å². The summed E-state index contributed by atoms with van der Waals surface area (Å²) in [6.07, 6.45) is 9.56. The zero-order valence-corrected chi connectivity index (χ0v) is 11.9. The number of hydrogen-bond acceptors (Lipinski definition) is 3. The van der Waals surface area contributed by atoms with Crippen molar-refractivity contribution in [2.45, 2.75) is 57.0 Å². The molecule has 1 rings (SSSR count). The Hall–Kier alpha value is 0.0969. The third-order valence-electron chi connectivity index (χ3n) is 3.69. The Labute approximate surface area is 102 Å². The highest BCUT2D eigenvalue weighted by atomic mass is 28.3. The topological polar surface area (TPSA) is 44.5 Å². The second-order valence-corrected chi connectivity index (χ2v) is 7.25. The first-order chi connectivity index (χ1) is 7.76. The Balaban J connectivity index is 2.10. The lowest BCUT2D eigenvalue weighted by atomic mass is 9.85. The molecule has 0 heterocycles. The minimum absolute atomic E-state index is 0.276. The SMILES string of the molecule is CO[SiH](CC(N)CCC1CCCCC1)OC. The Morgan fingerprint density at radius 2 is 1.81 bits per heavy atom. The Bertz CT molecular complexity index is 170. The fraction of sp³-hybridized carbons (Fsp3) is 1.00. The van der Waals surface area contributed by atoms with Crippen molar-refractivity contribution in [3.05, 3.63) is 0 Å². The molecule has 0 aromatic rings. The maximum absolute atomic E-state index is 6.12. The predicted octanol–water partition coefficient (Wildman–Crippen LogP) is 2.19. The summed E-state index contributed by atoms with van der Waals surface area (Å²) in [5.41, 5.74) is 6.12. The fourth-order valence-electron chi connectivity index (χ4n) is 2.58. The first kappa shape index (κ1) is 14.2. The highest BCUT2D eigenvalue weighted by molar-refractivity contribution is 6.44. The molecule has 1 atom stereocenters. The second kappa shape index (κ2) is 8.23. The summed E-state index contributed by atoms with van der Waals surface area (Å²) >= 11 is 0. The van der Waals surface area contributed by atoms with Gasteiger partial charge in [-0.05, 0) is 18.8 Å². The molecule has 0 saturated heterocycles. The van der Waals surface area contributed by atoms with Crippen LogP contribution in [-0.4, -0.2) is 29.5 Å². The molecule has 0 radical (unpaired) electrons. The van der Waals surface area contributed by atoms with Crippen LogP contribution in [0.3, 0.4) is 0 Å². The Morgan fingerprint density at radius 1 is 1.19 bits per heavy atom. The van der Waals surface area contributed by atoms with Gasteiger partial charge in [0.1, 0.15) is 0 Å². The number of rotatable bonds is 7. The van der Waals surface area contributed by atoms with Gasteiger partial charge in [-0.15, -0.1) is 0 Å². The summed E-state index contributed by atoms with van der Waals surface area (Å²) < 4.78 is 10.6. The quantitative estimate of drug-likeness (QED) is 0.699. The van der Waals surface area contributed by atoms with E-state index in [1.807, 2.05) is 0 Å². The van der Waals surface area contributed by atoms with Gasteiger partial charge >= 0.3 is 9.28 Å². The normalized spacial score (nSPS) is 20.2. The standard InChI is InChI=1S/C12H27NO2Si/c1-14-16(15-2)10-12(13)9-8-11-6-4-3-5-7-11/h11-12,16H,3-10,13H2,1-2H3. The van der Waals surface area contributed by atoms with E-state index < -0.39 is 9.28 Å². The van der Waals surface area contributed by atoms with Crippen molar-refractivity contribution in [2.75, 3.05) is 14.2 Å². The van der Waals surface area contributed by atoms with Crippen LogP contribution in [0.4, 0.5) is 0 Å². The molecule has 1 saturated carbocycles. The Morgan fingerprint density at radius 3 is 2.38 bits per heavy atom. The lowest BCUT2D eigenvalue weighted by Gasteiger charge is -2.23. The zero-order valence-electron chi connectivity index (χ0n) is 10.8. The van der Waals surface area contributed by atoms with Crippen molar-refractivity contribution >= 4 is 9.28 Å². The van der Waals surface area contributed by atoms with Crippen LogP contribution in [0.2, 0.25) is 6.04 Å². The maximum Gasteiger partial charge on any atom is 0.322 e. The summed E-state index contributed by atoms with van der Waals surface area (Å²) in [5.74, 6) is 0.935. The molecule has 0 spiro atoms. The van der Waals surface area contributed by atoms with E-state index >= 15 is 0 Å². The van der Waals surface area contributed by atoms with E-state index in [4.69, 9.17) is 14.6 Å². The van der Waals surface area contributed by atoms with E-state index in [9.17, 15) is 0 Å². The van der Waals surface area contributed by atoms with Gasteiger partial charge in [0.05, 0.1) is 0 Å². The lowest BCUT2D eigenvalue weighted by molar-refractivity contribution is 0.270. The third kappa shape index (κ3) is 5.43. The molecule has 0 aromatic carbocycles. The molecule has 4 heteroatoms. The van der Waals surface area contributed by atoms with E-state index in [0.29, 0.717) is 0 Å². The molecule has 16 heavy (non-hydrogen) atoms. The second-order valence-electron chi connectivity index (χ2n) is 4.98. The van der Waals surface area contributed by atoms with E-state index in [2.05, 4.69) is 0 Å². The van der Waals surface area contributed by atoms with Gasteiger partial charge < -0.3 is 14.6 Å². The summed E-state index contributed by atoms with van der Waals surface area (Å²) in [7, 11) is 2.01. The summed E-state index contributed by atoms with van der Waals surface area (Å²) in [6.45, 7) is 0. The summed E-state index contributed by atoms with van der Waals surface area (Å²) in [4.78, 5) is 0. The molecule has 3 nitrogen and oxygen atoms in total. The van der Waals surface area contributed by atoms with Crippen LogP contribution in [-0.2, 0) is 8.85 Å². The van der Waals surface area contributed by atoms with Crippen LogP contribution in [0.5, 0.6) is 0 Å². The smallest absolute Gasteiger partial charge is 0.322 e. The average molecular weight is 245 g/mol. The molecular formula is C12H27NO2Si. The Kier molecular flexibility index (Phi) is 7.28. The summed E-state index contributed by atoms with van der Waals surface area (Å²) in [5, 5.41) is 0. The molecule has 1 aliphatic rings. The van der Waals surface area contributed by atoms with Crippen LogP contribution in [0, 0.1) is 5.92 Å². The van der Waals surface area contributed by atoms with Gasteiger partial charge in [0.15, 0.2) is 0 Å². The van der Waals surface area contributed by atoms with Gasteiger partial charge in [0, 0.05) is 26.3 Å². The third-order valence-corrected chi connectivity index (χ3v) is 5.73. The minimum Gasteiger partial charge on any atom is -0.400 e. The molecule has 0 bridgehead atoms.